The molecule has 0 aromatic carbocycles. The summed E-state index contributed by atoms with van der Waals surface area (Å²) in [4.78, 5) is 10.1. The predicted molar refractivity (Wildman–Crippen MR) is 65.5 cm³/mol. The molecule has 0 aromatic rings. The summed E-state index contributed by atoms with van der Waals surface area (Å²) < 4.78 is 0. The van der Waals surface area contributed by atoms with Crippen molar-refractivity contribution in [3.63, 3.8) is 0 Å². The lowest BCUT2D eigenvalue weighted by atomic mass is 9.98. The van der Waals surface area contributed by atoms with Gasteiger partial charge >= 0.3 is 0 Å². The highest BCUT2D eigenvalue weighted by molar-refractivity contribution is 5.06. The second-order valence-electron chi connectivity index (χ2n) is 3.65. The Bertz CT molecular complexity index is 224. The number of allylic oxidation sites excluding steroid dienone is 1. The predicted octanol–water partition coefficient (Wildman–Crippen LogP) is 3.92. The second-order valence-corrected chi connectivity index (χ2v) is 3.65. The summed E-state index contributed by atoms with van der Waals surface area (Å²) in [5, 5.41) is 2.89. The first kappa shape index (κ1) is 13.9. The average Bonchev–Trinajstić information content (AvgIpc) is 2.25. The maximum absolute atomic E-state index is 10.1. The molecule has 0 saturated heterocycles. The number of rotatable bonds is 8. The Balaban J connectivity index is 3.89. The molecule has 0 heterocycles. The molecule has 1 atom stereocenters. The Labute approximate surface area is 93.1 Å². The largest absolute Gasteiger partial charge is 0.151 e. The molecule has 0 amide bonds. The summed E-state index contributed by atoms with van der Waals surface area (Å²) in [6.07, 6.45) is 8.09. The van der Waals surface area contributed by atoms with Crippen LogP contribution in [0.5, 0.6) is 0 Å². The molecule has 0 spiro atoms. The highest BCUT2D eigenvalue weighted by Gasteiger charge is 2.04. The quantitative estimate of drug-likeness (QED) is 0.257. The van der Waals surface area contributed by atoms with Gasteiger partial charge in [-0.1, -0.05) is 49.3 Å². The lowest BCUT2D eigenvalue weighted by Crippen LogP contribution is -1.99. The molecular weight excluding hydrogens is 186 g/mol. The molecule has 0 rings (SSSR count). The third-order valence-electron chi connectivity index (χ3n) is 2.28. The minimum Gasteiger partial charge on any atom is -0.151 e. The molecule has 0 aliphatic rings. The normalized spacial score (nSPS) is 11.3. The van der Waals surface area contributed by atoms with Gasteiger partial charge in [-0.2, -0.15) is 4.91 Å². The fourth-order valence-electron chi connectivity index (χ4n) is 1.41. The highest BCUT2D eigenvalue weighted by Crippen LogP contribution is 2.13. The molecule has 0 saturated carbocycles. The summed E-state index contributed by atoms with van der Waals surface area (Å²) in [6.45, 7) is 6.20. The third kappa shape index (κ3) is 9.21. The van der Waals surface area contributed by atoms with Gasteiger partial charge in [-0.25, -0.2) is 0 Å². The van der Waals surface area contributed by atoms with Crippen LogP contribution in [0, 0.1) is 22.7 Å². The van der Waals surface area contributed by atoms with Crippen molar-refractivity contribution in [1.29, 1.82) is 0 Å². The van der Waals surface area contributed by atoms with Crippen molar-refractivity contribution >= 4 is 0 Å². The van der Waals surface area contributed by atoms with Crippen molar-refractivity contribution in [3.8, 4) is 11.8 Å². The van der Waals surface area contributed by atoms with E-state index in [1.807, 2.05) is 0 Å². The molecule has 0 aromatic heterocycles. The molecule has 0 radical (unpaired) electrons. The first-order valence-corrected chi connectivity index (χ1v) is 5.73. The van der Waals surface area contributed by atoms with Gasteiger partial charge in [0.1, 0.15) is 0 Å². The number of hydrogen-bond acceptors (Lipinski definition) is 2. The Kier molecular flexibility index (Phi) is 10.2. The molecule has 0 fully saturated rings. The summed E-state index contributed by atoms with van der Waals surface area (Å²) in [6, 6.07) is 0. The third-order valence-corrected chi connectivity index (χ3v) is 2.28. The Morgan fingerprint density at radius 1 is 1.40 bits per heavy atom. The molecule has 0 aliphatic heterocycles. The van der Waals surface area contributed by atoms with E-state index in [9.17, 15) is 4.91 Å². The van der Waals surface area contributed by atoms with Crippen LogP contribution in [0.3, 0.4) is 0 Å². The van der Waals surface area contributed by atoms with E-state index < -0.39 is 0 Å². The zero-order valence-corrected chi connectivity index (χ0v) is 9.67. The van der Waals surface area contributed by atoms with E-state index in [4.69, 9.17) is 0 Å². The van der Waals surface area contributed by atoms with Crippen LogP contribution in [0.1, 0.15) is 45.4 Å². The van der Waals surface area contributed by atoms with Gasteiger partial charge in [0.05, 0.1) is 6.54 Å². The van der Waals surface area contributed by atoms with Crippen LogP contribution in [0.25, 0.3) is 0 Å². The van der Waals surface area contributed by atoms with Crippen LogP contribution in [0.2, 0.25) is 0 Å². The van der Waals surface area contributed by atoms with Crippen molar-refractivity contribution in [1.82, 2.24) is 0 Å². The van der Waals surface area contributed by atoms with Crippen LogP contribution >= 0.6 is 0 Å². The molecule has 84 valence electrons. The molecule has 2 heteroatoms. The molecule has 2 nitrogen and oxygen atoms in total. The van der Waals surface area contributed by atoms with E-state index in [1.54, 1.807) is 6.08 Å². The minimum atomic E-state index is 0.342. The zero-order chi connectivity index (χ0) is 11.4. The lowest BCUT2D eigenvalue weighted by Gasteiger charge is -2.07. The molecule has 0 N–H and O–H groups in total. The van der Waals surface area contributed by atoms with Gasteiger partial charge in [0, 0.05) is 12.3 Å². The van der Waals surface area contributed by atoms with E-state index in [1.165, 1.54) is 19.3 Å². The SMILES string of the molecule is C=CCC#CC(CCCCC)CCN=O. The van der Waals surface area contributed by atoms with Crippen molar-refractivity contribution in [2.24, 2.45) is 11.1 Å². The Hall–Kier alpha value is -1.10. The van der Waals surface area contributed by atoms with E-state index in [-0.39, 0.29) is 0 Å². The minimum absolute atomic E-state index is 0.342. The molecule has 0 aliphatic carbocycles. The van der Waals surface area contributed by atoms with Crippen molar-refractivity contribution in [3.05, 3.63) is 17.6 Å². The summed E-state index contributed by atoms with van der Waals surface area (Å²) in [7, 11) is 0. The van der Waals surface area contributed by atoms with Gasteiger partial charge < -0.3 is 0 Å². The maximum Gasteiger partial charge on any atom is 0.0822 e. The lowest BCUT2D eigenvalue weighted by molar-refractivity contribution is 0.526. The molecule has 0 bridgehead atoms. The second kappa shape index (κ2) is 11.0. The van der Waals surface area contributed by atoms with E-state index >= 15 is 0 Å². The topological polar surface area (TPSA) is 29.4 Å². The molecule has 15 heavy (non-hydrogen) atoms. The van der Waals surface area contributed by atoms with Gasteiger partial charge in [-0.3, -0.25) is 0 Å². The smallest absolute Gasteiger partial charge is 0.0822 e. The summed E-state index contributed by atoms with van der Waals surface area (Å²) in [5.41, 5.74) is 0. The summed E-state index contributed by atoms with van der Waals surface area (Å²) in [5.74, 6) is 6.60. The van der Waals surface area contributed by atoms with Crippen LogP contribution in [0.15, 0.2) is 17.8 Å². The summed E-state index contributed by atoms with van der Waals surface area (Å²) >= 11 is 0. The van der Waals surface area contributed by atoms with Gasteiger partial charge in [0.15, 0.2) is 0 Å². The first-order valence-electron chi connectivity index (χ1n) is 5.73. The van der Waals surface area contributed by atoms with E-state index in [0.717, 1.165) is 19.3 Å². The van der Waals surface area contributed by atoms with Crippen LogP contribution in [-0.2, 0) is 0 Å². The number of unbranched alkanes of at least 4 members (excludes halogenated alkanes) is 2. The van der Waals surface area contributed by atoms with Crippen LogP contribution < -0.4 is 0 Å². The van der Waals surface area contributed by atoms with Gasteiger partial charge in [0.25, 0.3) is 0 Å². The average molecular weight is 207 g/mol. The Morgan fingerprint density at radius 2 is 2.20 bits per heavy atom. The fourth-order valence-corrected chi connectivity index (χ4v) is 1.41. The van der Waals surface area contributed by atoms with Crippen molar-refractivity contribution < 1.29 is 0 Å². The zero-order valence-electron chi connectivity index (χ0n) is 9.67. The fraction of sp³-hybridized carbons (Fsp3) is 0.692. The van der Waals surface area contributed by atoms with E-state index in [0.29, 0.717) is 12.5 Å². The maximum atomic E-state index is 10.1. The van der Waals surface area contributed by atoms with Crippen molar-refractivity contribution in [2.45, 2.75) is 45.4 Å². The molecule has 1 unspecified atom stereocenters. The number of hydrogen-bond donors (Lipinski definition) is 0. The van der Waals surface area contributed by atoms with Crippen LogP contribution in [-0.4, -0.2) is 6.54 Å². The first-order chi connectivity index (χ1) is 7.35. The standard InChI is InChI=1S/C13H21NO/c1-3-5-7-9-13(11-12-14-15)10-8-6-4-2/h3,13H,1,4-6,8,10-12H2,2H3. The molecular formula is C13H21NO. The number of nitrogens with zero attached hydrogens (tertiary/aromatic N) is 1. The van der Waals surface area contributed by atoms with Crippen molar-refractivity contribution in [2.75, 3.05) is 6.54 Å². The monoisotopic (exact) mass is 207 g/mol. The number of nitroso groups, excluding NO2 is 1. The Morgan fingerprint density at radius 3 is 2.80 bits per heavy atom. The van der Waals surface area contributed by atoms with E-state index in [2.05, 4.69) is 30.5 Å². The van der Waals surface area contributed by atoms with Gasteiger partial charge in [0.2, 0.25) is 0 Å². The van der Waals surface area contributed by atoms with Gasteiger partial charge in [-0.05, 0) is 12.8 Å². The highest BCUT2D eigenvalue weighted by atomic mass is 16.3. The van der Waals surface area contributed by atoms with Gasteiger partial charge in [-0.15, -0.1) is 6.58 Å². The van der Waals surface area contributed by atoms with Crippen LogP contribution in [0.4, 0.5) is 0 Å².